The Hall–Kier alpha value is -3.16. The van der Waals surface area contributed by atoms with Crippen LogP contribution in [-0.4, -0.2) is 58.9 Å². The Bertz CT molecular complexity index is 1250. The number of nitrogens with zero attached hydrogens (tertiary/aromatic N) is 2. The molecule has 1 saturated heterocycles. The first-order chi connectivity index (χ1) is 16.0. The number of hydrogen-bond donors (Lipinski definition) is 2. The van der Waals surface area contributed by atoms with Gasteiger partial charge in [-0.3, -0.25) is 19.1 Å². The Labute approximate surface area is 192 Å². The number of aryl methyl sites for hydroxylation is 1. The molecule has 1 amide bonds. The van der Waals surface area contributed by atoms with E-state index in [1.165, 1.54) is 0 Å². The molecule has 1 aromatic heterocycles. The lowest BCUT2D eigenvalue weighted by atomic mass is 10.1. The predicted octanol–water partition coefficient (Wildman–Crippen LogP) is 2.64. The molecule has 0 bridgehead atoms. The Morgan fingerprint density at radius 3 is 2.76 bits per heavy atom. The summed E-state index contributed by atoms with van der Waals surface area (Å²) >= 11 is 0. The number of ether oxygens (including phenoxy) is 1. The number of carbonyl (C=O) groups excluding carboxylic acids is 1. The van der Waals surface area contributed by atoms with Crippen molar-refractivity contribution >= 4 is 16.7 Å². The zero-order chi connectivity index (χ0) is 22.9. The van der Waals surface area contributed by atoms with Gasteiger partial charge < -0.3 is 15.2 Å². The van der Waals surface area contributed by atoms with E-state index in [-0.39, 0.29) is 23.6 Å². The molecule has 7 heteroatoms. The molecule has 0 spiro atoms. The molecule has 2 fully saturated rings. The molecule has 2 N–H and O–H groups in total. The number of hydrogen-bond acceptors (Lipinski definition) is 5. The molecule has 1 saturated carbocycles. The molecule has 3 aromatic rings. The maximum Gasteiger partial charge on any atom is 0.263 e. The van der Waals surface area contributed by atoms with Crippen LogP contribution in [0, 0.1) is 6.92 Å². The number of aliphatic hydroxyl groups is 1. The first-order valence-corrected chi connectivity index (χ1v) is 11.6. The largest absolute Gasteiger partial charge is 0.492 e. The number of aliphatic hydroxyl groups excluding tert-OH is 1. The van der Waals surface area contributed by atoms with Crippen LogP contribution in [0.4, 0.5) is 0 Å². The van der Waals surface area contributed by atoms with Gasteiger partial charge in [-0.05, 0) is 67.5 Å². The molecule has 0 unspecified atom stereocenters. The minimum atomic E-state index is -0.245. The molecule has 7 nitrogen and oxygen atoms in total. The van der Waals surface area contributed by atoms with Crippen molar-refractivity contribution in [3.05, 3.63) is 70.1 Å². The van der Waals surface area contributed by atoms with Crippen molar-refractivity contribution in [2.45, 2.75) is 38.3 Å². The summed E-state index contributed by atoms with van der Waals surface area (Å²) < 4.78 is 7.50. The Morgan fingerprint density at radius 1 is 1.15 bits per heavy atom. The molecule has 2 aliphatic rings. The van der Waals surface area contributed by atoms with Crippen LogP contribution in [0.15, 0.2) is 53.5 Å². The number of nitrogens with one attached hydrogen (secondary N) is 1. The van der Waals surface area contributed by atoms with Gasteiger partial charge in [0.25, 0.3) is 11.5 Å². The first kappa shape index (κ1) is 21.7. The minimum absolute atomic E-state index is 0.103. The average molecular weight is 448 g/mol. The van der Waals surface area contributed by atoms with Crippen molar-refractivity contribution in [2.75, 3.05) is 26.2 Å². The second-order valence-electron chi connectivity index (χ2n) is 9.08. The zero-order valence-electron chi connectivity index (χ0n) is 18.8. The molecular weight excluding hydrogens is 418 g/mol. The SMILES string of the molecule is Cc1ccc(C(=O)NC2CC2)cc1-n1ccc2ccc(OCCN3CC[C@@H](O)C3)cc2c1=O. The van der Waals surface area contributed by atoms with Gasteiger partial charge in [-0.25, -0.2) is 0 Å². The van der Waals surface area contributed by atoms with E-state index in [9.17, 15) is 14.7 Å². The third-order valence-corrected chi connectivity index (χ3v) is 6.44. The van der Waals surface area contributed by atoms with Gasteiger partial charge in [0.2, 0.25) is 0 Å². The summed E-state index contributed by atoms with van der Waals surface area (Å²) in [5, 5.41) is 14.1. The highest BCUT2D eigenvalue weighted by Gasteiger charge is 2.24. The van der Waals surface area contributed by atoms with Crippen LogP contribution in [0.3, 0.4) is 0 Å². The van der Waals surface area contributed by atoms with Gasteiger partial charge >= 0.3 is 0 Å². The Morgan fingerprint density at radius 2 is 2.00 bits per heavy atom. The number of benzene rings is 2. The van der Waals surface area contributed by atoms with Gasteiger partial charge in [-0.2, -0.15) is 0 Å². The summed E-state index contributed by atoms with van der Waals surface area (Å²) in [7, 11) is 0. The van der Waals surface area contributed by atoms with E-state index in [0.29, 0.717) is 35.5 Å². The average Bonchev–Trinajstić information content (AvgIpc) is 3.53. The molecule has 2 aromatic carbocycles. The minimum Gasteiger partial charge on any atom is -0.492 e. The summed E-state index contributed by atoms with van der Waals surface area (Å²) in [6.45, 7) is 4.73. The van der Waals surface area contributed by atoms with Crippen molar-refractivity contribution in [1.29, 1.82) is 0 Å². The molecule has 1 aliphatic carbocycles. The van der Waals surface area contributed by atoms with Gasteiger partial charge in [0, 0.05) is 37.4 Å². The molecule has 0 radical (unpaired) electrons. The van der Waals surface area contributed by atoms with Crippen molar-refractivity contribution in [3.8, 4) is 11.4 Å². The molecule has 1 aliphatic heterocycles. The van der Waals surface area contributed by atoms with E-state index in [4.69, 9.17) is 4.74 Å². The number of amides is 1. The third-order valence-electron chi connectivity index (χ3n) is 6.44. The van der Waals surface area contributed by atoms with Gasteiger partial charge in [-0.1, -0.05) is 12.1 Å². The standard InChI is InChI=1S/C26H29N3O4/c1-17-2-3-19(25(31)27-20-5-6-20)14-24(17)29-11-8-18-4-7-22(15-23(18)26(29)32)33-13-12-28-10-9-21(30)16-28/h2-4,7-8,11,14-15,20-21,30H,5-6,9-10,12-13,16H2,1H3,(H,27,31)/t21-/m1/s1. The molecule has 2 heterocycles. The summed E-state index contributed by atoms with van der Waals surface area (Å²) in [4.78, 5) is 28.1. The maximum absolute atomic E-state index is 13.4. The van der Waals surface area contributed by atoms with Gasteiger partial charge in [0.15, 0.2) is 0 Å². The summed E-state index contributed by atoms with van der Waals surface area (Å²) in [6.07, 6.45) is 4.37. The lowest BCUT2D eigenvalue weighted by molar-refractivity contribution is 0.0951. The van der Waals surface area contributed by atoms with E-state index in [2.05, 4.69) is 10.2 Å². The van der Waals surface area contributed by atoms with Gasteiger partial charge in [0.05, 0.1) is 17.2 Å². The van der Waals surface area contributed by atoms with E-state index in [0.717, 1.165) is 43.3 Å². The highest BCUT2D eigenvalue weighted by molar-refractivity contribution is 5.95. The molecule has 33 heavy (non-hydrogen) atoms. The number of likely N-dealkylation sites (tertiary alicyclic amines) is 1. The molecule has 172 valence electrons. The van der Waals surface area contributed by atoms with Crippen molar-refractivity contribution in [2.24, 2.45) is 0 Å². The van der Waals surface area contributed by atoms with Crippen LogP contribution < -0.4 is 15.6 Å². The fourth-order valence-corrected chi connectivity index (χ4v) is 4.31. The number of pyridine rings is 1. The van der Waals surface area contributed by atoms with E-state index in [1.807, 2.05) is 31.2 Å². The van der Waals surface area contributed by atoms with Crippen LogP contribution in [0.2, 0.25) is 0 Å². The molecule has 5 rings (SSSR count). The number of aromatic nitrogens is 1. The Balaban J connectivity index is 1.39. The van der Waals surface area contributed by atoms with Crippen LogP contribution in [0.1, 0.15) is 35.2 Å². The topological polar surface area (TPSA) is 83.8 Å². The quantitative estimate of drug-likeness (QED) is 0.582. The van der Waals surface area contributed by atoms with Crippen molar-refractivity contribution in [1.82, 2.24) is 14.8 Å². The summed E-state index contributed by atoms with van der Waals surface area (Å²) in [6, 6.07) is 13.2. The van der Waals surface area contributed by atoms with E-state index >= 15 is 0 Å². The fraction of sp³-hybridized carbons (Fsp3) is 0.385. The molecule has 1 atom stereocenters. The smallest absolute Gasteiger partial charge is 0.263 e. The Kier molecular flexibility index (Phi) is 5.91. The number of fused-ring (bicyclic) bond motifs is 1. The number of rotatable bonds is 7. The zero-order valence-corrected chi connectivity index (χ0v) is 18.8. The van der Waals surface area contributed by atoms with E-state index < -0.39 is 0 Å². The highest BCUT2D eigenvalue weighted by Crippen LogP contribution is 2.22. The van der Waals surface area contributed by atoms with Crippen molar-refractivity contribution < 1.29 is 14.6 Å². The van der Waals surface area contributed by atoms with Crippen LogP contribution in [-0.2, 0) is 0 Å². The maximum atomic E-state index is 13.4. The first-order valence-electron chi connectivity index (χ1n) is 11.6. The summed E-state index contributed by atoms with van der Waals surface area (Å²) in [5.74, 6) is 0.542. The van der Waals surface area contributed by atoms with E-state index in [1.54, 1.807) is 29.0 Å². The van der Waals surface area contributed by atoms with Crippen molar-refractivity contribution in [3.63, 3.8) is 0 Å². The highest BCUT2D eigenvalue weighted by atomic mass is 16.5. The second kappa shape index (κ2) is 9.00. The third kappa shape index (κ3) is 4.79. The van der Waals surface area contributed by atoms with Crippen LogP contribution >= 0.6 is 0 Å². The second-order valence-corrected chi connectivity index (χ2v) is 9.08. The lowest BCUT2D eigenvalue weighted by Gasteiger charge is -2.16. The monoisotopic (exact) mass is 447 g/mol. The lowest BCUT2D eigenvalue weighted by Crippen LogP contribution is -2.27. The van der Waals surface area contributed by atoms with Crippen LogP contribution in [0.25, 0.3) is 16.5 Å². The number of β-amino-alcohol motifs (C(OH)–C–C–N with tert-alkyl or cyclic N) is 1. The summed E-state index contributed by atoms with van der Waals surface area (Å²) in [5.41, 5.74) is 2.02. The molecular formula is C26H29N3O4. The van der Waals surface area contributed by atoms with Gasteiger partial charge in [0.1, 0.15) is 12.4 Å². The normalized spacial score (nSPS) is 18.5. The fourth-order valence-electron chi connectivity index (χ4n) is 4.31. The van der Waals surface area contributed by atoms with Gasteiger partial charge in [-0.15, -0.1) is 0 Å². The predicted molar refractivity (Wildman–Crippen MR) is 127 cm³/mol. The number of carbonyl (C=O) groups is 1. The van der Waals surface area contributed by atoms with Crippen LogP contribution in [0.5, 0.6) is 5.75 Å².